The Labute approximate surface area is 132 Å². The number of rotatable bonds is 9. The lowest BCUT2D eigenvalue weighted by Crippen LogP contribution is -2.34. The van der Waals surface area contributed by atoms with Gasteiger partial charge in [-0.1, -0.05) is 32.4 Å². The molecule has 0 radical (unpaired) electrons. The highest BCUT2D eigenvalue weighted by atomic mass is 35.5. The third kappa shape index (κ3) is 6.38. The molecule has 1 rings (SSSR count). The first-order valence-corrected chi connectivity index (χ1v) is 8.66. The van der Waals surface area contributed by atoms with Gasteiger partial charge in [0, 0.05) is 16.8 Å². The molecule has 1 N–H and O–H groups in total. The fourth-order valence-electron chi connectivity index (χ4n) is 2.02. The molecule has 0 amide bonds. The van der Waals surface area contributed by atoms with E-state index < -0.39 is 0 Å². The number of benzene rings is 1. The minimum Gasteiger partial charge on any atom is -0.496 e. The van der Waals surface area contributed by atoms with Gasteiger partial charge in [0.15, 0.2) is 0 Å². The first-order chi connectivity index (χ1) is 9.56. The smallest absolute Gasteiger partial charge is 0.122 e. The number of hydrogen-bond donors (Lipinski definition) is 1. The highest BCUT2D eigenvalue weighted by Crippen LogP contribution is 2.25. The van der Waals surface area contributed by atoms with E-state index in [0.29, 0.717) is 11.3 Å². The van der Waals surface area contributed by atoms with Crippen molar-refractivity contribution in [1.82, 2.24) is 5.32 Å². The summed E-state index contributed by atoms with van der Waals surface area (Å²) in [4.78, 5) is 0. The van der Waals surface area contributed by atoms with Gasteiger partial charge in [0.05, 0.1) is 7.11 Å². The largest absolute Gasteiger partial charge is 0.496 e. The summed E-state index contributed by atoms with van der Waals surface area (Å²) in [5.74, 6) is 2.03. The fraction of sp³-hybridized carbons (Fsp3) is 0.625. The van der Waals surface area contributed by atoms with Crippen molar-refractivity contribution in [2.24, 2.45) is 0 Å². The lowest BCUT2D eigenvalue weighted by atomic mass is 10.1. The van der Waals surface area contributed by atoms with E-state index >= 15 is 0 Å². The lowest BCUT2D eigenvalue weighted by Gasteiger charge is -2.20. The van der Waals surface area contributed by atoms with E-state index in [0.717, 1.165) is 35.9 Å². The van der Waals surface area contributed by atoms with Crippen LogP contribution in [-0.4, -0.2) is 30.7 Å². The summed E-state index contributed by atoms with van der Waals surface area (Å²) in [5, 5.41) is 5.05. The second-order valence-electron chi connectivity index (χ2n) is 5.19. The van der Waals surface area contributed by atoms with Crippen molar-refractivity contribution < 1.29 is 4.74 Å². The van der Waals surface area contributed by atoms with Crippen molar-refractivity contribution in [3.8, 4) is 5.75 Å². The Hall–Kier alpha value is -0.380. The van der Waals surface area contributed by atoms with Crippen LogP contribution in [0.3, 0.4) is 0 Å². The molecule has 1 aromatic rings. The summed E-state index contributed by atoms with van der Waals surface area (Å²) in [6.45, 7) is 7.72. The molecule has 0 aliphatic rings. The van der Waals surface area contributed by atoms with Gasteiger partial charge >= 0.3 is 0 Å². The van der Waals surface area contributed by atoms with Gasteiger partial charge in [0.2, 0.25) is 0 Å². The Morgan fingerprint density at radius 2 is 2.10 bits per heavy atom. The molecule has 0 spiro atoms. The van der Waals surface area contributed by atoms with Crippen LogP contribution < -0.4 is 10.1 Å². The maximum Gasteiger partial charge on any atom is 0.122 e. The van der Waals surface area contributed by atoms with Crippen molar-refractivity contribution in [2.75, 3.05) is 19.4 Å². The topological polar surface area (TPSA) is 21.3 Å². The van der Waals surface area contributed by atoms with Crippen LogP contribution in [0, 0.1) is 0 Å². The predicted octanol–water partition coefficient (Wildman–Crippen LogP) is 4.40. The van der Waals surface area contributed by atoms with Crippen LogP contribution in [0.5, 0.6) is 5.75 Å². The molecule has 0 saturated heterocycles. The van der Waals surface area contributed by atoms with Crippen molar-refractivity contribution in [1.29, 1.82) is 0 Å². The average Bonchev–Trinajstić information content (AvgIpc) is 2.42. The van der Waals surface area contributed by atoms with Crippen molar-refractivity contribution in [2.45, 2.75) is 44.9 Å². The zero-order chi connectivity index (χ0) is 15.0. The number of hydrogen-bond acceptors (Lipinski definition) is 3. The van der Waals surface area contributed by atoms with Gasteiger partial charge in [-0.3, -0.25) is 0 Å². The molecule has 0 aliphatic carbocycles. The average molecular weight is 316 g/mol. The molecule has 0 aromatic heterocycles. The van der Waals surface area contributed by atoms with Gasteiger partial charge < -0.3 is 10.1 Å². The minimum atomic E-state index is 0.453. The SMILES string of the molecule is CCCNC(CSC(C)C)Cc1cc(Cl)ccc1OC. The molecule has 20 heavy (non-hydrogen) atoms. The van der Waals surface area contributed by atoms with Crippen LogP contribution in [0.15, 0.2) is 18.2 Å². The molecule has 0 fully saturated rings. The normalized spacial score (nSPS) is 12.7. The van der Waals surface area contributed by atoms with Crippen LogP contribution in [0.4, 0.5) is 0 Å². The van der Waals surface area contributed by atoms with E-state index in [1.807, 2.05) is 30.0 Å². The minimum absolute atomic E-state index is 0.453. The third-order valence-electron chi connectivity index (χ3n) is 3.02. The molecule has 0 saturated carbocycles. The van der Waals surface area contributed by atoms with E-state index in [1.54, 1.807) is 7.11 Å². The van der Waals surface area contributed by atoms with E-state index in [-0.39, 0.29) is 0 Å². The summed E-state index contributed by atoms with van der Waals surface area (Å²) >= 11 is 8.10. The van der Waals surface area contributed by atoms with E-state index in [9.17, 15) is 0 Å². The maximum absolute atomic E-state index is 6.11. The van der Waals surface area contributed by atoms with Gasteiger partial charge in [0.25, 0.3) is 0 Å². The second kappa shape index (κ2) is 9.54. The zero-order valence-electron chi connectivity index (χ0n) is 12.9. The van der Waals surface area contributed by atoms with Gasteiger partial charge in [-0.25, -0.2) is 0 Å². The van der Waals surface area contributed by atoms with Gasteiger partial charge in [-0.2, -0.15) is 11.8 Å². The van der Waals surface area contributed by atoms with Crippen LogP contribution in [0.1, 0.15) is 32.8 Å². The zero-order valence-corrected chi connectivity index (χ0v) is 14.5. The van der Waals surface area contributed by atoms with E-state index in [2.05, 4.69) is 26.1 Å². The first kappa shape index (κ1) is 17.7. The fourth-order valence-corrected chi connectivity index (χ4v) is 3.07. The van der Waals surface area contributed by atoms with Gasteiger partial charge in [0.1, 0.15) is 5.75 Å². The van der Waals surface area contributed by atoms with Crippen LogP contribution in [0.25, 0.3) is 0 Å². The summed E-state index contributed by atoms with van der Waals surface area (Å²) in [5.41, 5.74) is 1.18. The molecular formula is C16H26ClNOS. The molecule has 0 bridgehead atoms. The first-order valence-electron chi connectivity index (χ1n) is 7.24. The molecule has 1 unspecified atom stereocenters. The number of nitrogens with one attached hydrogen (secondary N) is 1. The molecule has 1 atom stereocenters. The standard InChI is InChI=1S/C16H26ClNOS/c1-5-8-18-15(11-20-12(2)3)10-13-9-14(17)6-7-16(13)19-4/h6-7,9,12,15,18H,5,8,10-11H2,1-4H3. The molecule has 4 heteroatoms. The molecular weight excluding hydrogens is 290 g/mol. The molecule has 1 aromatic carbocycles. The van der Waals surface area contributed by atoms with Crippen LogP contribution in [0.2, 0.25) is 5.02 Å². The molecule has 114 valence electrons. The third-order valence-corrected chi connectivity index (χ3v) is 4.52. The number of thioether (sulfide) groups is 1. The van der Waals surface area contributed by atoms with E-state index in [4.69, 9.17) is 16.3 Å². The number of ether oxygens (including phenoxy) is 1. The van der Waals surface area contributed by atoms with Crippen molar-refractivity contribution in [3.63, 3.8) is 0 Å². The maximum atomic E-state index is 6.11. The summed E-state index contributed by atoms with van der Waals surface area (Å²) in [6, 6.07) is 6.29. The Morgan fingerprint density at radius 1 is 1.35 bits per heavy atom. The Balaban J connectivity index is 2.73. The van der Waals surface area contributed by atoms with Gasteiger partial charge in [-0.15, -0.1) is 0 Å². The predicted molar refractivity (Wildman–Crippen MR) is 91.4 cm³/mol. The monoisotopic (exact) mass is 315 g/mol. The lowest BCUT2D eigenvalue weighted by molar-refractivity contribution is 0.406. The Kier molecular flexibility index (Phi) is 8.43. The van der Waals surface area contributed by atoms with Crippen molar-refractivity contribution >= 4 is 23.4 Å². The number of methoxy groups -OCH3 is 1. The highest BCUT2D eigenvalue weighted by Gasteiger charge is 2.13. The summed E-state index contributed by atoms with van der Waals surface area (Å²) in [7, 11) is 1.71. The molecule has 2 nitrogen and oxygen atoms in total. The quantitative estimate of drug-likeness (QED) is 0.729. The van der Waals surface area contributed by atoms with E-state index in [1.165, 1.54) is 5.56 Å². The molecule has 0 aliphatic heterocycles. The molecule has 0 heterocycles. The second-order valence-corrected chi connectivity index (χ2v) is 7.24. The summed E-state index contributed by atoms with van der Waals surface area (Å²) < 4.78 is 5.44. The Bertz CT molecular complexity index is 398. The van der Waals surface area contributed by atoms with Crippen molar-refractivity contribution in [3.05, 3.63) is 28.8 Å². The Morgan fingerprint density at radius 3 is 2.70 bits per heavy atom. The number of halogens is 1. The summed E-state index contributed by atoms with van der Waals surface area (Å²) in [6.07, 6.45) is 2.10. The van der Waals surface area contributed by atoms with Crippen LogP contribution in [-0.2, 0) is 6.42 Å². The highest BCUT2D eigenvalue weighted by molar-refractivity contribution is 7.99. The van der Waals surface area contributed by atoms with Gasteiger partial charge in [-0.05, 0) is 48.4 Å². The van der Waals surface area contributed by atoms with Crippen LogP contribution >= 0.6 is 23.4 Å².